The van der Waals surface area contributed by atoms with Crippen molar-refractivity contribution in [3.05, 3.63) is 123 Å². The van der Waals surface area contributed by atoms with Gasteiger partial charge in [0.05, 0.1) is 12.1 Å². The first-order valence-corrected chi connectivity index (χ1v) is 15.5. The molecule has 0 aliphatic heterocycles. The molecule has 4 N–H and O–H groups in total. The lowest BCUT2D eigenvalue weighted by Gasteiger charge is -2.19. The van der Waals surface area contributed by atoms with E-state index in [0.717, 1.165) is 22.0 Å². The van der Waals surface area contributed by atoms with Gasteiger partial charge in [-0.05, 0) is 80.4 Å². The number of amides is 2. The Morgan fingerprint density at radius 1 is 0.872 bits per heavy atom. The molecule has 0 unspecified atom stereocenters. The molecular formula is C35H36ClN7O4. The van der Waals surface area contributed by atoms with Crippen molar-refractivity contribution >= 4 is 52.0 Å². The maximum absolute atomic E-state index is 13.0. The molecule has 0 radical (unpaired) electrons. The number of anilines is 3. The molecule has 242 valence electrons. The van der Waals surface area contributed by atoms with Crippen molar-refractivity contribution in [2.45, 2.75) is 39.5 Å². The Balaban J connectivity index is 1.18. The van der Waals surface area contributed by atoms with Gasteiger partial charge in [-0.15, -0.1) is 0 Å². The maximum atomic E-state index is 13.0. The van der Waals surface area contributed by atoms with E-state index in [4.69, 9.17) is 16.3 Å². The fourth-order valence-electron chi connectivity index (χ4n) is 4.70. The Kier molecular flexibility index (Phi) is 10.4. The standard InChI is InChI=1S/C35H36ClN7O4/c1-35(2,3)47-34(46)38-18-17-37-30-27-10-4-5-12-29(27)41-33(42-30)39-21-23-13-15-26(16-14-23)40-31(44)28-11-7-19-43(32(28)45)22-24-8-6-9-25(36)20-24/h4-16,19-20H,17-18,21-22H2,1-3H3,(H,38,46)(H,40,44)(H2,37,39,41,42). The third-order valence-electron chi connectivity index (χ3n) is 6.86. The first-order valence-electron chi connectivity index (χ1n) is 15.1. The van der Waals surface area contributed by atoms with Crippen LogP contribution < -0.4 is 26.8 Å². The zero-order chi connectivity index (χ0) is 33.4. The van der Waals surface area contributed by atoms with Crippen LogP contribution in [0.3, 0.4) is 0 Å². The highest BCUT2D eigenvalue weighted by molar-refractivity contribution is 6.30. The monoisotopic (exact) mass is 653 g/mol. The van der Waals surface area contributed by atoms with Crippen LogP contribution in [0.25, 0.3) is 10.9 Å². The highest BCUT2D eigenvalue weighted by Crippen LogP contribution is 2.22. The van der Waals surface area contributed by atoms with E-state index < -0.39 is 23.2 Å². The van der Waals surface area contributed by atoms with Crippen molar-refractivity contribution in [2.75, 3.05) is 29.0 Å². The topological polar surface area (TPSA) is 139 Å². The van der Waals surface area contributed by atoms with Crippen LogP contribution in [0.15, 0.2) is 95.9 Å². The van der Waals surface area contributed by atoms with Gasteiger partial charge >= 0.3 is 6.09 Å². The quantitative estimate of drug-likeness (QED) is 0.122. The number of benzene rings is 3. The van der Waals surface area contributed by atoms with Gasteiger partial charge in [-0.25, -0.2) is 9.78 Å². The number of pyridine rings is 1. The van der Waals surface area contributed by atoms with Gasteiger partial charge in [0, 0.05) is 41.9 Å². The number of fused-ring (bicyclic) bond motifs is 1. The molecule has 5 aromatic rings. The molecule has 0 aliphatic carbocycles. The molecule has 5 rings (SSSR count). The fourth-order valence-corrected chi connectivity index (χ4v) is 4.91. The number of alkyl carbamates (subject to hydrolysis) is 1. The van der Waals surface area contributed by atoms with E-state index in [9.17, 15) is 14.4 Å². The molecule has 3 aromatic carbocycles. The van der Waals surface area contributed by atoms with E-state index in [2.05, 4.69) is 31.2 Å². The second-order valence-corrected chi connectivity index (χ2v) is 12.2. The van der Waals surface area contributed by atoms with E-state index in [1.807, 2.05) is 69.3 Å². The number of aromatic nitrogens is 3. The molecule has 11 nitrogen and oxygen atoms in total. The van der Waals surface area contributed by atoms with E-state index in [-0.39, 0.29) is 5.56 Å². The van der Waals surface area contributed by atoms with Crippen LogP contribution in [-0.2, 0) is 17.8 Å². The number of para-hydroxylation sites is 1. The van der Waals surface area contributed by atoms with Crippen LogP contribution in [0.4, 0.5) is 22.2 Å². The van der Waals surface area contributed by atoms with E-state index in [1.165, 1.54) is 10.6 Å². The Morgan fingerprint density at radius 3 is 2.43 bits per heavy atom. The second-order valence-electron chi connectivity index (χ2n) is 11.8. The van der Waals surface area contributed by atoms with Gasteiger partial charge in [-0.2, -0.15) is 4.98 Å². The lowest BCUT2D eigenvalue weighted by molar-refractivity contribution is 0.0530. The van der Waals surface area contributed by atoms with Crippen LogP contribution in [0.1, 0.15) is 42.3 Å². The second kappa shape index (κ2) is 14.8. The average Bonchev–Trinajstić information content (AvgIpc) is 3.03. The van der Waals surface area contributed by atoms with Crippen LogP contribution >= 0.6 is 11.6 Å². The van der Waals surface area contributed by atoms with Crippen molar-refractivity contribution in [3.8, 4) is 0 Å². The lowest BCUT2D eigenvalue weighted by Crippen LogP contribution is -2.35. The van der Waals surface area contributed by atoms with Crippen molar-refractivity contribution in [2.24, 2.45) is 0 Å². The third-order valence-corrected chi connectivity index (χ3v) is 7.09. The Labute approximate surface area is 277 Å². The summed E-state index contributed by atoms with van der Waals surface area (Å²) in [5.74, 6) is 0.573. The first-order chi connectivity index (χ1) is 22.5. The molecule has 47 heavy (non-hydrogen) atoms. The summed E-state index contributed by atoms with van der Waals surface area (Å²) in [7, 11) is 0. The normalized spacial score (nSPS) is 11.1. The minimum absolute atomic E-state index is 0.0405. The Hall–Kier alpha value is -5.42. The minimum atomic E-state index is -0.568. The summed E-state index contributed by atoms with van der Waals surface area (Å²) in [5.41, 5.74) is 2.18. The number of carbonyl (C=O) groups is 2. The van der Waals surface area contributed by atoms with E-state index >= 15 is 0 Å². The number of nitrogens with one attached hydrogen (secondary N) is 4. The molecule has 2 aromatic heterocycles. The van der Waals surface area contributed by atoms with Gasteiger partial charge < -0.3 is 30.6 Å². The SMILES string of the molecule is CC(C)(C)OC(=O)NCCNc1nc(NCc2ccc(NC(=O)c3cccn(Cc4cccc(Cl)c4)c3=O)cc2)nc2ccccc12. The van der Waals surface area contributed by atoms with Crippen LogP contribution in [0.2, 0.25) is 5.02 Å². The highest BCUT2D eigenvalue weighted by Gasteiger charge is 2.16. The first kappa shape index (κ1) is 33.0. The molecule has 12 heteroatoms. The van der Waals surface area contributed by atoms with E-state index in [1.54, 1.807) is 36.5 Å². The molecule has 2 amide bonds. The summed E-state index contributed by atoms with van der Waals surface area (Å²) in [6.45, 7) is 6.95. The highest BCUT2D eigenvalue weighted by atomic mass is 35.5. The van der Waals surface area contributed by atoms with Gasteiger partial charge in [0.25, 0.3) is 11.5 Å². The van der Waals surface area contributed by atoms with Crippen molar-refractivity contribution in [1.82, 2.24) is 19.9 Å². The molecule has 0 spiro atoms. The minimum Gasteiger partial charge on any atom is -0.444 e. The summed E-state index contributed by atoms with van der Waals surface area (Å²) < 4.78 is 6.76. The zero-order valence-electron chi connectivity index (χ0n) is 26.3. The number of carbonyl (C=O) groups excluding carboxylic acids is 2. The van der Waals surface area contributed by atoms with Crippen LogP contribution in [0, 0.1) is 0 Å². The average molecular weight is 654 g/mol. The van der Waals surface area contributed by atoms with E-state index in [0.29, 0.717) is 48.7 Å². The summed E-state index contributed by atoms with van der Waals surface area (Å²) in [6.07, 6.45) is 1.16. The predicted molar refractivity (Wildman–Crippen MR) is 185 cm³/mol. The number of hydrogen-bond donors (Lipinski definition) is 4. The van der Waals surface area contributed by atoms with Crippen LogP contribution in [0.5, 0.6) is 0 Å². The zero-order valence-corrected chi connectivity index (χ0v) is 27.1. The molecular weight excluding hydrogens is 618 g/mol. The number of hydrogen-bond acceptors (Lipinski definition) is 8. The summed E-state index contributed by atoms with van der Waals surface area (Å²) in [5, 5.41) is 13.5. The van der Waals surface area contributed by atoms with Crippen LogP contribution in [-0.4, -0.2) is 45.2 Å². The number of rotatable bonds is 11. The Bertz CT molecular complexity index is 1940. The fraction of sp³-hybridized carbons (Fsp3) is 0.229. The third kappa shape index (κ3) is 9.30. The predicted octanol–water partition coefficient (Wildman–Crippen LogP) is 6.29. The van der Waals surface area contributed by atoms with Gasteiger partial charge in [0.1, 0.15) is 17.0 Å². The van der Waals surface area contributed by atoms with Gasteiger partial charge in [-0.1, -0.05) is 48.0 Å². The molecule has 0 saturated heterocycles. The van der Waals surface area contributed by atoms with Crippen molar-refractivity contribution < 1.29 is 14.3 Å². The van der Waals surface area contributed by atoms with Gasteiger partial charge in [-0.3, -0.25) is 9.59 Å². The summed E-state index contributed by atoms with van der Waals surface area (Å²) in [4.78, 5) is 47.3. The molecule has 0 atom stereocenters. The number of halogens is 1. The summed E-state index contributed by atoms with van der Waals surface area (Å²) >= 11 is 6.08. The molecule has 0 aliphatic rings. The number of ether oxygens (including phenoxy) is 1. The Morgan fingerprint density at radius 2 is 1.66 bits per heavy atom. The summed E-state index contributed by atoms with van der Waals surface area (Å²) in [6, 6.07) is 25.4. The van der Waals surface area contributed by atoms with Crippen molar-refractivity contribution in [1.29, 1.82) is 0 Å². The number of nitrogens with zero attached hydrogens (tertiary/aromatic N) is 3. The molecule has 0 fully saturated rings. The lowest BCUT2D eigenvalue weighted by atomic mass is 10.2. The van der Waals surface area contributed by atoms with Gasteiger partial charge in [0.2, 0.25) is 5.95 Å². The van der Waals surface area contributed by atoms with Crippen molar-refractivity contribution in [3.63, 3.8) is 0 Å². The largest absolute Gasteiger partial charge is 0.444 e. The van der Waals surface area contributed by atoms with Gasteiger partial charge in [0.15, 0.2) is 0 Å². The molecule has 0 bridgehead atoms. The smallest absolute Gasteiger partial charge is 0.407 e. The molecule has 2 heterocycles. The maximum Gasteiger partial charge on any atom is 0.407 e. The molecule has 0 saturated carbocycles.